The van der Waals surface area contributed by atoms with E-state index in [1.165, 1.54) is 15.6 Å². The van der Waals surface area contributed by atoms with Gasteiger partial charge in [-0.15, -0.1) is 0 Å². The summed E-state index contributed by atoms with van der Waals surface area (Å²) in [6.45, 7) is 7.68. The predicted octanol–water partition coefficient (Wildman–Crippen LogP) is 4.24. The summed E-state index contributed by atoms with van der Waals surface area (Å²) < 4.78 is 23.6. The van der Waals surface area contributed by atoms with Gasteiger partial charge in [0.2, 0.25) is 0 Å². The molecule has 0 aliphatic heterocycles. The summed E-state index contributed by atoms with van der Waals surface area (Å²) in [7, 11) is -3.24. The first-order valence-electron chi connectivity index (χ1n) is 12.9. The van der Waals surface area contributed by atoms with Crippen LogP contribution in [0, 0.1) is 0 Å². The van der Waals surface area contributed by atoms with Gasteiger partial charge in [-0.05, 0) is 36.3 Å². The summed E-state index contributed by atoms with van der Waals surface area (Å²) in [6.07, 6.45) is 0. The van der Waals surface area contributed by atoms with Crippen LogP contribution in [0.25, 0.3) is 0 Å². The molecule has 0 heterocycles. The van der Waals surface area contributed by atoms with Crippen LogP contribution in [-0.2, 0) is 17.7 Å². The maximum Gasteiger partial charge on any atom is 0.537 e. The molecule has 194 valence electrons. The molecule has 0 aliphatic rings. The fraction of sp³-hybridized carbons (Fsp3) is 0.226. The zero-order valence-electron chi connectivity index (χ0n) is 22.3. The summed E-state index contributed by atoms with van der Waals surface area (Å²) in [6, 6.07) is 41.7. The van der Waals surface area contributed by atoms with Crippen LogP contribution in [-0.4, -0.2) is 44.1 Å². The van der Waals surface area contributed by atoms with Gasteiger partial charge in [-0.25, -0.2) is 0 Å². The highest BCUT2D eigenvalue weighted by Gasteiger charge is 2.43. The molecule has 0 saturated carbocycles. The SMILES string of the molecule is CCO[Si](OCC)(OCC)c1ccccc1.CO[Si](c1ccccc1)(c1ccccc1)c1ccccc1. The Morgan fingerprint density at radius 2 is 0.703 bits per heavy atom. The first-order valence-corrected chi connectivity index (χ1v) is 16.5. The van der Waals surface area contributed by atoms with E-state index in [0.717, 1.165) is 5.19 Å². The molecule has 4 aromatic carbocycles. The van der Waals surface area contributed by atoms with E-state index >= 15 is 0 Å². The van der Waals surface area contributed by atoms with Crippen molar-refractivity contribution in [3.8, 4) is 0 Å². The van der Waals surface area contributed by atoms with Crippen LogP contribution in [0.5, 0.6) is 0 Å². The Hall–Kier alpha value is -2.85. The van der Waals surface area contributed by atoms with E-state index in [0.29, 0.717) is 19.8 Å². The maximum absolute atomic E-state index is 6.24. The number of hydrogen-bond donors (Lipinski definition) is 0. The Balaban J connectivity index is 0.000000214. The van der Waals surface area contributed by atoms with Crippen LogP contribution in [0.4, 0.5) is 0 Å². The second-order valence-electron chi connectivity index (χ2n) is 8.20. The number of hydrogen-bond acceptors (Lipinski definition) is 4. The Bertz CT molecular complexity index is 1030. The molecule has 4 nitrogen and oxygen atoms in total. The fourth-order valence-electron chi connectivity index (χ4n) is 4.46. The average Bonchev–Trinajstić information content (AvgIpc) is 2.97. The third-order valence-electron chi connectivity index (χ3n) is 5.98. The average molecular weight is 531 g/mol. The molecule has 0 bridgehead atoms. The predicted molar refractivity (Wildman–Crippen MR) is 158 cm³/mol. The molecular formula is C31H38O4Si2. The van der Waals surface area contributed by atoms with Gasteiger partial charge in [-0.3, -0.25) is 0 Å². The lowest BCUT2D eigenvalue weighted by molar-refractivity contribution is 0.0859. The van der Waals surface area contributed by atoms with E-state index in [1.54, 1.807) is 0 Å². The molecule has 4 rings (SSSR count). The van der Waals surface area contributed by atoms with E-state index in [1.807, 2.05) is 76.4 Å². The normalized spacial score (nSPS) is 11.5. The summed E-state index contributed by atoms with van der Waals surface area (Å²) in [5.41, 5.74) is 0. The van der Waals surface area contributed by atoms with Gasteiger partial charge in [0.25, 0.3) is 8.32 Å². The number of rotatable bonds is 11. The van der Waals surface area contributed by atoms with Crippen molar-refractivity contribution < 1.29 is 17.7 Å². The topological polar surface area (TPSA) is 36.9 Å². The van der Waals surface area contributed by atoms with Crippen molar-refractivity contribution in [3.63, 3.8) is 0 Å². The smallest absolute Gasteiger partial charge is 0.408 e. The minimum Gasteiger partial charge on any atom is -0.408 e. The molecule has 4 aromatic rings. The van der Waals surface area contributed by atoms with Crippen LogP contribution < -0.4 is 20.7 Å². The Labute approximate surface area is 224 Å². The Morgan fingerprint density at radius 3 is 0.946 bits per heavy atom. The first kappa shape index (κ1) is 28.7. The Morgan fingerprint density at radius 1 is 0.432 bits per heavy atom. The minimum atomic E-state index is -2.67. The molecular weight excluding hydrogens is 493 g/mol. The molecule has 0 aliphatic carbocycles. The van der Waals surface area contributed by atoms with Crippen LogP contribution >= 0.6 is 0 Å². The van der Waals surface area contributed by atoms with Gasteiger partial charge in [-0.1, -0.05) is 121 Å². The van der Waals surface area contributed by atoms with Gasteiger partial charge in [0, 0.05) is 32.1 Å². The van der Waals surface area contributed by atoms with E-state index in [9.17, 15) is 0 Å². The molecule has 6 heteroatoms. The van der Waals surface area contributed by atoms with Crippen LogP contribution in [0.1, 0.15) is 20.8 Å². The van der Waals surface area contributed by atoms with Gasteiger partial charge < -0.3 is 17.7 Å². The molecule has 0 N–H and O–H groups in total. The van der Waals surface area contributed by atoms with Crippen LogP contribution in [0.3, 0.4) is 0 Å². The minimum absolute atomic E-state index is 0.598. The summed E-state index contributed by atoms with van der Waals surface area (Å²) in [5, 5.41) is 4.83. The molecule has 0 spiro atoms. The second-order valence-corrected chi connectivity index (χ2v) is 14.3. The van der Waals surface area contributed by atoms with Gasteiger partial charge >= 0.3 is 8.80 Å². The van der Waals surface area contributed by atoms with Crippen molar-refractivity contribution in [1.82, 2.24) is 0 Å². The molecule has 0 aromatic heterocycles. The molecule has 37 heavy (non-hydrogen) atoms. The summed E-state index contributed by atoms with van der Waals surface area (Å²) >= 11 is 0. The van der Waals surface area contributed by atoms with Crippen molar-refractivity contribution in [2.75, 3.05) is 26.9 Å². The third kappa shape index (κ3) is 6.93. The lowest BCUT2D eigenvalue weighted by Crippen LogP contribution is -2.68. The Kier molecular flexibility index (Phi) is 11.5. The molecule has 0 amide bonds. The van der Waals surface area contributed by atoms with Gasteiger partial charge in [0.05, 0.1) is 0 Å². The maximum atomic E-state index is 6.24. The van der Waals surface area contributed by atoms with Crippen LogP contribution in [0.2, 0.25) is 0 Å². The van der Waals surface area contributed by atoms with E-state index < -0.39 is 17.1 Å². The molecule has 0 saturated heterocycles. The van der Waals surface area contributed by atoms with E-state index in [2.05, 4.69) is 72.8 Å². The molecule has 0 radical (unpaired) electrons. The van der Waals surface area contributed by atoms with Crippen molar-refractivity contribution in [3.05, 3.63) is 121 Å². The van der Waals surface area contributed by atoms with Crippen molar-refractivity contribution in [2.24, 2.45) is 0 Å². The van der Waals surface area contributed by atoms with Crippen molar-refractivity contribution >= 4 is 37.9 Å². The van der Waals surface area contributed by atoms with Crippen molar-refractivity contribution in [1.29, 1.82) is 0 Å². The first-order chi connectivity index (χ1) is 18.2. The highest BCUT2D eigenvalue weighted by molar-refractivity contribution is 7.07. The monoisotopic (exact) mass is 530 g/mol. The third-order valence-corrected chi connectivity index (χ3v) is 13.1. The molecule has 0 atom stereocenters. The van der Waals surface area contributed by atoms with Gasteiger partial charge in [0.15, 0.2) is 0 Å². The highest BCUT2D eigenvalue weighted by Crippen LogP contribution is 2.11. The number of benzene rings is 4. The van der Waals surface area contributed by atoms with E-state index in [-0.39, 0.29) is 0 Å². The second kappa shape index (κ2) is 14.8. The molecule has 0 unspecified atom stereocenters. The van der Waals surface area contributed by atoms with Crippen LogP contribution in [0.15, 0.2) is 121 Å². The van der Waals surface area contributed by atoms with Crippen molar-refractivity contribution in [2.45, 2.75) is 20.8 Å². The highest BCUT2D eigenvalue weighted by atomic mass is 28.4. The quantitative estimate of drug-likeness (QED) is 0.215. The van der Waals surface area contributed by atoms with Gasteiger partial charge in [0.1, 0.15) is 0 Å². The lowest BCUT2D eigenvalue weighted by Gasteiger charge is -2.31. The standard InChI is InChI=1S/C19H18OSi.C12H20O3Si/c1-20-21(17-11-5-2-6-12-17,18-13-7-3-8-14-18)19-15-9-4-10-16-19;1-4-13-16(14-5-2,15-6-3)12-10-8-7-9-11-12/h2-16H,1H3;7-11H,4-6H2,1-3H3. The fourth-order valence-corrected chi connectivity index (χ4v) is 10.6. The summed E-state index contributed by atoms with van der Waals surface area (Å²) in [5.74, 6) is 0. The van der Waals surface area contributed by atoms with E-state index in [4.69, 9.17) is 17.7 Å². The zero-order valence-corrected chi connectivity index (χ0v) is 24.3. The van der Waals surface area contributed by atoms with Gasteiger partial charge in [-0.2, -0.15) is 0 Å². The summed E-state index contributed by atoms with van der Waals surface area (Å²) in [4.78, 5) is 0. The largest absolute Gasteiger partial charge is 0.537 e. The molecule has 0 fully saturated rings. The zero-order chi connectivity index (χ0) is 26.4. The lowest BCUT2D eigenvalue weighted by atomic mass is 10.3.